The topological polar surface area (TPSA) is 109 Å². The Hall–Kier alpha value is -0.310. The summed E-state index contributed by atoms with van der Waals surface area (Å²) < 4.78 is 43.0. The summed E-state index contributed by atoms with van der Waals surface area (Å²) in [6.45, 7) is 2.00. The van der Waals surface area contributed by atoms with Gasteiger partial charge in [-0.3, -0.25) is 9.11 Å². The highest BCUT2D eigenvalue weighted by Gasteiger charge is 2.10. The van der Waals surface area contributed by atoms with E-state index in [9.17, 15) is 12.6 Å². The van der Waals surface area contributed by atoms with Crippen molar-refractivity contribution in [1.82, 2.24) is 0 Å². The fraction of sp³-hybridized carbons (Fsp3) is 0. The summed E-state index contributed by atoms with van der Waals surface area (Å²) in [5.74, 6) is 0. The van der Waals surface area contributed by atoms with E-state index in [0.717, 1.165) is 0 Å². The van der Waals surface area contributed by atoms with Crippen molar-refractivity contribution < 1.29 is 26.5 Å². The molecule has 0 aliphatic carbocycles. The van der Waals surface area contributed by atoms with Gasteiger partial charge in [0.05, 0.1) is 0 Å². The molecule has 0 radical (unpaired) electrons. The standard InChI is InChI=1S/CH2O.H2O5S2/c1-2;1-6(2)7(3,4)5/h1H2;(H,1,2)(H,3,4,5). The molecule has 0 aliphatic rings. The SMILES string of the molecule is C=O.O=S(O)S(=O)(=O)O. The van der Waals surface area contributed by atoms with Crippen LogP contribution < -0.4 is 0 Å². The third-order valence-corrected chi connectivity index (χ3v) is 1.62. The highest BCUT2D eigenvalue weighted by molar-refractivity contribution is 8.59. The minimum atomic E-state index is -4.71. The lowest BCUT2D eigenvalue weighted by molar-refractivity contribution is -0.0979. The van der Waals surface area contributed by atoms with Crippen molar-refractivity contribution in [3.8, 4) is 0 Å². The number of carbonyl (C=O) groups excluding carboxylic acids is 1. The van der Waals surface area contributed by atoms with Crippen LogP contribution in [0.1, 0.15) is 0 Å². The highest BCUT2D eigenvalue weighted by Crippen LogP contribution is 1.83. The molecule has 1 unspecified atom stereocenters. The van der Waals surface area contributed by atoms with Gasteiger partial charge in [-0.15, -0.1) is 0 Å². The second kappa shape index (κ2) is 4.56. The Balaban J connectivity index is 0. The molecule has 0 aromatic heterocycles. The Morgan fingerprint density at radius 1 is 1.33 bits per heavy atom. The number of carbonyl (C=O) groups is 1. The first kappa shape index (κ1) is 11.5. The lowest BCUT2D eigenvalue weighted by atomic mass is 11.9. The van der Waals surface area contributed by atoms with Gasteiger partial charge in [-0.25, -0.2) is 4.21 Å². The van der Waals surface area contributed by atoms with Crippen LogP contribution in [0.2, 0.25) is 0 Å². The molecule has 1 atom stereocenters. The van der Waals surface area contributed by atoms with Gasteiger partial charge in [0.15, 0.2) is 0 Å². The summed E-state index contributed by atoms with van der Waals surface area (Å²) in [4.78, 5) is 8.00. The quantitative estimate of drug-likeness (QED) is 0.296. The molecule has 0 saturated carbocycles. The molecule has 0 amide bonds. The van der Waals surface area contributed by atoms with Gasteiger partial charge in [0.2, 0.25) is 0 Å². The lowest BCUT2D eigenvalue weighted by Gasteiger charge is -1.80. The van der Waals surface area contributed by atoms with Crippen molar-refractivity contribution in [2.24, 2.45) is 0 Å². The van der Waals surface area contributed by atoms with Gasteiger partial charge in [-0.1, -0.05) is 0 Å². The van der Waals surface area contributed by atoms with Crippen LogP contribution in [0.15, 0.2) is 0 Å². The van der Waals surface area contributed by atoms with Crippen LogP contribution in [0, 0.1) is 0 Å². The average molecular weight is 176 g/mol. The summed E-state index contributed by atoms with van der Waals surface area (Å²) in [5.41, 5.74) is 0. The molecule has 9 heavy (non-hydrogen) atoms. The van der Waals surface area contributed by atoms with Crippen LogP contribution in [-0.2, 0) is 24.1 Å². The van der Waals surface area contributed by atoms with Crippen LogP contribution >= 0.6 is 0 Å². The van der Waals surface area contributed by atoms with Crippen LogP contribution in [-0.4, -0.2) is 28.5 Å². The van der Waals surface area contributed by atoms with E-state index >= 15 is 0 Å². The summed E-state index contributed by atoms with van der Waals surface area (Å²) in [5, 5.41) is 0. The zero-order valence-corrected chi connectivity index (χ0v) is 5.68. The molecular formula is CH4O6S2. The molecule has 0 saturated heterocycles. The maximum Gasteiger partial charge on any atom is 0.373 e. The van der Waals surface area contributed by atoms with Gasteiger partial charge in [0, 0.05) is 0 Å². The van der Waals surface area contributed by atoms with Gasteiger partial charge in [0.1, 0.15) is 6.79 Å². The molecule has 0 bridgehead atoms. The molecule has 8 heteroatoms. The van der Waals surface area contributed by atoms with E-state index in [4.69, 9.17) is 13.9 Å². The van der Waals surface area contributed by atoms with Gasteiger partial charge in [-0.2, -0.15) is 8.42 Å². The first-order valence-corrected chi connectivity index (χ1v) is 4.38. The first-order valence-electron chi connectivity index (χ1n) is 1.32. The van der Waals surface area contributed by atoms with Crippen LogP contribution in [0.5, 0.6) is 0 Å². The van der Waals surface area contributed by atoms with E-state index in [-0.39, 0.29) is 0 Å². The van der Waals surface area contributed by atoms with Crippen LogP contribution in [0.3, 0.4) is 0 Å². The van der Waals surface area contributed by atoms with E-state index in [1.807, 2.05) is 6.79 Å². The molecule has 6 nitrogen and oxygen atoms in total. The Kier molecular flexibility index (Phi) is 5.81. The summed E-state index contributed by atoms with van der Waals surface area (Å²) in [6.07, 6.45) is 0. The molecule has 0 heterocycles. The fourth-order valence-electron chi connectivity index (χ4n) is 0. The van der Waals surface area contributed by atoms with Crippen molar-refractivity contribution in [2.75, 3.05) is 0 Å². The second-order valence-corrected chi connectivity index (χ2v) is 4.05. The van der Waals surface area contributed by atoms with E-state index < -0.39 is 19.3 Å². The predicted octanol–water partition coefficient (Wildman–Crippen LogP) is -1.17. The van der Waals surface area contributed by atoms with E-state index in [0.29, 0.717) is 0 Å². The van der Waals surface area contributed by atoms with Crippen molar-refractivity contribution in [3.05, 3.63) is 0 Å². The molecule has 0 spiro atoms. The molecule has 0 aromatic carbocycles. The van der Waals surface area contributed by atoms with Crippen LogP contribution in [0.25, 0.3) is 0 Å². The van der Waals surface area contributed by atoms with Crippen molar-refractivity contribution in [1.29, 1.82) is 0 Å². The van der Waals surface area contributed by atoms with Gasteiger partial charge in [0.25, 0.3) is 0 Å². The van der Waals surface area contributed by atoms with E-state index in [1.165, 1.54) is 0 Å². The van der Waals surface area contributed by atoms with E-state index in [1.54, 1.807) is 0 Å². The third-order valence-electron chi connectivity index (χ3n) is 0.180. The van der Waals surface area contributed by atoms with Crippen LogP contribution in [0.4, 0.5) is 0 Å². The Morgan fingerprint density at radius 2 is 1.44 bits per heavy atom. The van der Waals surface area contributed by atoms with Gasteiger partial charge in [-0.05, 0) is 0 Å². The number of rotatable bonds is 1. The number of hydrogen-bond donors (Lipinski definition) is 2. The fourth-order valence-corrected chi connectivity index (χ4v) is 0. The molecular weight excluding hydrogens is 172 g/mol. The molecule has 2 N–H and O–H groups in total. The van der Waals surface area contributed by atoms with Crippen molar-refractivity contribution in [2.45, 2.75) is 0 Å². The zero-order valence-electron chi connectivity index (χ0n) is 4.05. The summed E-state index contributed by atoms with van der Waals surface area (Å²) >= 11 is 0. The van der Waals surface area contributed by atoms with Gasteiger partial charge >= 0.3 is 19.3 Å². The summed E-state index contributed by atoms with van der Waals surface area (Å²) in [7, 11) is -7.87. The Labute approximate surface area is 53.3 Å². The molecule has 0 aliphatic heterocycles. The highest BCUT2D eigenvalue weighted by atomic mass is 33.2. The predicted molar refractivity (Wildman–Crippen MR) is 29.4 cm³/mol. The molecule has 0 aromatic rings. The largest absolute Gasteiger partial charge is 0.373 e. The minimum Gasteiger partial charge on any atom is -0.307 e. The monoisotopic (exact) mass is 176 g/mol. The average Bonchev–Trinajstić information content (AvgIpc) is 1.69. The lowest BCUT2D eigenvalue weighted by Crippen LogP contribution is -2.03. The number of hydrogen-bond acceptors (Lipinski definition) is 4. The van der Waals surface area contributed by atoms with Crippen molar-refractivity contribution in [3.63, 3.8) is 0 Å². The molecule has 0 rings (SSSR count). The summed E-state index contributed by atoms with van der Waals surface area (Å²) in [6, 6.07) is 0. The van der Waals surface area contributed by atoms with Gasteiger partial charge < -0.3 is 4.79 Å². The maximum atomic E-state index is 9.34. The minimum absolute atomic E-state index is 2.00. The second-order valence-electron chi connectivity index (χ2n) is 0.645. The normalized spacial score (nSPS) is 13.1. The maximum absolute atomic E-state index is 9.34. The smallest absolute Gasteiger partial charge is 0.307 e. The molecule has 56 valence electrons. The first-order chi connectivity index (χ1) is 3.94. The Morgan fingerprint density at radius 3 is 1.44 bits per heavy atom. The third kappa shape index (κ3) is 7.69. The van der Waals surface area contributed by atoms with Crippen molar-refractivity contribution >= 4 is 26.1 Å². The zero-order chi connectivity index (χ0) is 8.08. The molecule has 0 fully saturated rings. The van der Waals surface area contributed by atoms with E-state index in [2.05, 4.69) is 0 Å². The Bertz CT molecular complexity index is 177.